The predicted octanol–water partition coefficient (Wildman–Crippen LogP) is 4.57. The fraction of sp³-hybridized carbons (Fsp3) is 0.368. The highest BCUT2D eigenvalue weighted by Crippen LogP contribution is 2.40. The third-order valence-corrected chi connectivity index (χ3v) is 5.34. The molecule has 0 atom stereocenters. The lowest BCUT2D eigenvalue weighted by atomic mass is 9.95. The lowest BCUT2D eigenvalue weighted by Gasteiger charge is -2.11. The predicted molar refractivity (Wildman–Crippen MR) is 97.0 cm³/mol. The molecule has 1 aliphatic carbocycles. The monoisotopic (exact) mass is 343 g/mol. The van der Waals surface area contributed by atoms with Crippen molar-refractivity contribution in [1.82, 2.24) is 0 Å². The van der Waals surface area contributed by atoms with E-state index in [-0.39, 0.29) is 11.7 Å². The van der Waals surface area contributed by atoms with E-state index in [0.717, 1.165) is 36.8 Å². The molecule has 1 heterocycles. The van der Waals surface area contributed by atoms with Crippen LogP contribution in [0.2, 0.25) is 0 Å². The van der Waals surface area contributed by atoms with E-state index >= 15 is 0 Å². The first-order valence-electron chi connectivity index (χ1n) is 8.25. The Bertz CT molecular complexity index is 792. The van der Waals surface area contributed by atoms with Crippen LogP contribution in [0.5, 0.6) is 5.75 Å². The van der Waals surface area contributed by atoms with Gasteiger partial charge in [0.2, 0.25) is 0 Å². The van der Waals surface area contributed by atoms with Crippen LogP contribution in [0.4, 0.5) is 5.00 Å². The molecule has 3 rings (SSSR count). The van der Waals surface area contributed by atoms with Gasteiger partial charge in [-0.05, 0) is 57.2 Å². The van der Waals surface area contributed by atoms with Crippen molar-refractivity contribution in [2.24, 2.45) is 4.99 Å². The highest BCUT2D eigenvalue weighted by atomic mass is 32.1. The van der Waals surface area contributed by atoms with Crippen molar-refractivity contribution >= 4 is 28.5 Å². The normalized spacial score (nSPS) is 13.9. The SMILES string of the molecule is CCOC(=O)c1c(N=Cc2cc(C)ccc2O)sc2c1CCCC2. The largest absolute Gasteiger partial charge is 0.507 e. The van der Waals surface area contributed by atoms with Crippen molar-refractivity contribution in [3.8, 4) is 5.75 Å². The number of carbonyl (C=O) groups is 1. The Kier molecular flexibility index (Phi) is 5.00. The standard InChI is InChI=1S/C19H21NO3S/c1-3-23-19(22)17-14-6-4-5-7-16(14)24-18(17)20-11-13-10-12(2)8-9-15(13)21/h8-11,21H,3-7H2,1-2H3. The average molecular weight is 343 g/mol. The summed E-state index contributed by atoms with van der Waals surface area (Å²) in [5, 5.41) is 10.6. The summed E-state index contributed by atoms with van der Waals surface area (Å²) < 4.78 is 5.23. The summed E-state index contributed by atoms with van der Waals surface area (Å²) in [6, 6.07) is 5.37. The maximum atomic E-state index is 12.4. The molecule has 0 saturated carbocycles. The van der Waals surface area contributed by atoms with Crippen LogP contribution in [-0.4, -0.2) is 23.9 Å². The maximum Gasteiger partial charge on any atom is 0.341 e. The van der Waals surface area contributed by atoms with Crippen LogP contribution in [-0.2, 0) is 17.6 Å². The highest BCUT2D eigenvalue weighted by molar-refractivity contribution is 7.16. The molecule has 0 bridgehead atoms. The highest BCUT2D eigenvalue weighted by Gasteiger charge is 2.26. The molecule has 126 valence electrons. The molecule has 0 saturated heterocycles. The molecule has 0 aliphatic heterocycles. The van der Waals surface area contributed by atoms with Crippen LogP contribution < -0.4 is 0 Å². The summed E-state index contributed by atoms with van der Waals surface area (Å²) in [5.41, 5.74) is 3.41. The van der Waals surface area contributed by atoms with E-state index in [9.17, 15) is 9.90 Å². The van der Waals surface area contributed by atoms with Gasteiger partial charge in [0.15, 0.2) is 0 Å². The Labute approximate surface area is 145 Å². The van der Waals surface area contributed by atoms with Crippen LogP contribution in [0.25, 0.3) is 0 Å². The fourth-order valence-corrected chi connectivity index (χ4v) is 4.18. The molecule has 5 heteroatoms. The summed E-state index contributed by atoms with van der Waals surface area (Å²) in [6.45, 7) is 4.13. The molecule has 0 unspecified atom stereocenters. The van der Waals surface area contributed by atoms with Gasteiger partial charge in [0.05, 0.1) is 12.2 Å². The van der Waals surface area contributed by atoms with Gasteiger partial charge in [-0.1, -0.05) is 11.6 Å². The lowest BCUT2D eigenvalue weighted by molar-refractivity contribution is 0.0526. The van der Waals surface area contributed by atoms with Crippen LogP contribution in [0.3, 0.4) is 0 Å². The van der Waals surface area contributed by atoms with E-state index in [1.54, 1.807) is 23.6 Å². The van der Waals surface area contributed by atoms with Crippen molar-refractivity contribution < 1.29 is 14.6 Å². The molecule has 4 nitrogen and oxygen atoms in total. The van der Waals surface area contributed by atoms with E-state index in [1.165, 1.54) is 4.88 Å². The van der Waals surface area contributed by atoms with Crippen molar-refractivity contribution in [1.29, 1.82) is 0 Å². The number of thiophene rings is 1. The number of fused-ring (bicyclic) bond motifs is 1. The number of nitrogens with zero attached hydrogens (tertiary/aromatic N) is 1. The zero-order valence-electron chi connectivity index (χ0n) is 14.0. The van der Waals surface area contributed by atoms with Gasteiger partial charge in [-0.2, -0.15) is 0 Å². The van der Waals surface area contributed by atoms with Crippen LogP contribution in [0.15, 0.2) is 23.2 Å². The van der Waals surface area contributed by atoms with Crippen molar-refractivity contribution in [2.75, 3.05) is 6.61 Å². The molecule has 24 heavy (non-hydrogen) atoms. The number of aliphatic imine (C=N–C) groups is 1. The minimum absolute atomic E-state index is 0.184. The molecule has 0 radical (unpaired) electrons. The first-order chi connectivity index (χ1) is 11.6. The number of carbonyl (C=O) groups excluding carboxylic acids is 1. The number of benzene rings is 1. The Morgan fingerprint density at radius 3 is 2.96 bits per heavy atom. The van der Waals surface area contributed by atoms with E-state index in [4.69, 9.17) is 4.74 Å². The molecule has 1 N–H and O–H groups in total. The summed E-state index contributed by atoms with van der Waals surface area (Å²) in [7, 11) is 0. The second-order valence-electron chi connectivity index (χ2n) is 5.93. The molecular formula is C19H21NO3S. The number of aromatic hydroxyl groups is 1. The molecule has 2 aromatic rings. The number of phenols is 1. The van der Waals surface area contributed by atoms with Gasteiger partial charge in [0.25, 0.3) is 0 Å². The molecular weight excluding hydrogens is 322 g/mol. The summed E-state index contributed by atoms with van der Waals surface area (Å²) in [4.78, 5) is 18.2. The smallest absolute Gasteiger partial charge is 0.341 e. The van der Waals surface area contributed by atoms with Gasteiger partial charge < -0.3 is 9.84 Å². The molecule has 1 aromatic carbocycles. The van der Waals surface area contributed by atoms with Gasteiger partial charge in [-0.25, -0.2) is 9.79 Å². The number of hydrogen-bond donors (Lipinski definition) is 1. The zero-order chi connectivity index (χ0) is 17.1. The van der Waals surface area contributed by atoms with Crippen LogP contribution in [0, 0.1) is 6.92 Å². The van der Waals surface area contributed by atoms with E-state index in [2.05, 4.69) is 4.99 Å². The number of rotatable bonds is 4. The van der Waals surface area contributed by atoms with Crippen LogP contribution >= 0.6 is 11.3 Å². The van der Waals surface area contributed by atoms with Gasteiger partial charge >= 0.3 is 5.97 Å². The maximum absolute atomic E-state index is 12.4. The molecule has 0 fully saturated rings. The minimum Gasteiger partial charge on any atom is -0.507 e. The van der Waals surface area contributed by atoms with E-state index < -0.39 is 0 Å². The van der Waals surface area contributed by atoms with Crippen molar-refractivity contribution in [3.05, 3.63) is 45.3 Å². The first kappa shape index (κ1) is 16.7. The molecule has 0 spiro atoms. The third-order valence-electron chi connectivity index (χ3n) is 4.14. The number of phenolic OH excluding ortho intramolecular Hbond substituents is 1. The van der Waals surface area contributed by atoms with Gasteiger partial charge in [0, 0.05) is 16.7 Å². The summed E-state index contributed by atoms with van der Waals surface area (Å²) in [5.74, 6) is -0.110. The Morgan fingerprint density at radius 1 is 1.38 bits per heavy atom. The fourth-order valence-electron chi connectivity index (χ4n) is 2.96. The lowest BCUT2D eigenvalue weighted by Crippen LogP contribution is -2.09. The third kappa shape index (κ3) is 3.36. The number of aryl methyl sites for hydroxylation is 2. The number of hydrogen-bond acceptors (Lipinski definition) is 5. The van der Waals surface area contributed by atoms with Gasteiger partial charge in [0.1, 0.15) is 10.8 Å². The minimum atomic E-state index is -0.294. The summed E-state index contributed by atoms with van der Waals surface area (Å²) >= 11 is 1.57. The quantitative estimate of drug-likeness (QED) is 0.653. The van der Waals surface area contributed by atoms with Gasteiger partial charge in [-0.3, -0.25) is 0 Å². The summed E-state index contributed by atoms with van der Waals surface area (Å²) in [6.07, 6.45) is 5.78. The second kappa shape index (κ2) is 7.18. The van der Waals surface area contributed by atoms with E-state index in [0.29, 0.717) is 22.7 Å². The molecule has 1 aromatic heterocycles. The van der Waals surface area contributed by atoms with Crippen LogP contribution in [0.1, 0.15) is 51.7 Å². The second-order valence-corrected chi connectivity index (χ2v) is 7.02. The zero-order valence-corrected chi connectivity index (χ0v) is 14.8. The number of ether oxygens (including phenoxy) is 1. The van der Waals surface area contributed by atoms with Gasteiger partial charge in [-0.15, -0.1) is 11.3 Å². The van der Waals surface area contributed by atoms with Crippen molar-refractivity contribution in [3.63, 3.8) is 0 Å². The Balaban J connectivity index is 2.00. The Hall–Kier alpha value is -2.14. The van der Waals surface area contributed by atoms with E-state index in [1.807, 2.05) is 26.0 Å². The number of esters is 1. The Morgan fingerprint density at radius 2 is 2.17 bits per heavy atom. The average Bonchev–Trinajstić information content (AvgIpc) is 2.94. The van der Waals surface area contributed by atoms with Crippen molar-refractivity contribution in [2.45, 2.75) is 39.5 Å². The first-order valence-corrected chi connectivity index (χ1v) is 9.07. The topological polar surface area (TPSA) is 58.9 Å². The molecule has 0 amide bonds. The molecule has 1 aliphatic rings.